The lowest BCUT2D eigenvalue weighted by atomic mass is 10.1. The molecule has 0 aliphatic carbocycles. The number of hydrogen-bond acceptors (Lipinski definition) is 4. The highest BCUT2D eigenvalue weighted by Gasteiger charge is 2.16. The first-order valence-corrected chi connectivity index (χ1v) is 5.93. The van der Waals surface area contributed by atoms with Crippen molar-refractivity contribution in [3.05, 3.63) is 23.0 Å². The van der Waals surface area contributed by atoms with Gasteiger partial charge < -0.3 is 10.1 Å². The highest BCUT2D eigenvalue weighted by atomic mass is 16.5. The van der Waals surface area contributed by atoms with Crippen LogP contribution in [0.1, 0.15) is 29.8 Å². The molecule has 1 aromatic heterocycles. The predicted octanol–water partition coefficient (Wildman–Crippen LogP) is 2.16. The molecular weight excluding hydrogens is 214 g/mol. The summed E-state index contributed by atoms with van der Waals surface area (Å²) >= 11 is 0. The third kappa shape index (κ3) is 2.75. The monoisotopic (exact) mass is 231 g/mol. The van der Waals surface area contributed by atoms with Crippen LogP contribution in [0.2, 0.25) is 0 Å². The van der Waals surface area contributed by atoms with Gasteiger partial charge in [-0.2, -0.15) is 5.26 Å². The van der Waals surface area contributed by atoms with Crippen molar-refractivity contribution < 1.29 is 4.74 Å². The third-order valence-electron chi connectivity index (χ3n) is 3.02. The lowest BCUT2D eigenvalue weighted by molar-refractivity contribution is 0.0904. The molecule has 0 radical (unpaired) electrons. The molecule has 0 saturated carbocycles. The summed E-state index contributed by atoms with van der Waals surface area (Å²) in [6.07, 6.45) is 1.98. The predicted molar refractivity (Wildman–Crippen MR) is 65.9 cm³/mol. The number of pyridine rings is 1. The second-order valence-electron chi connectivity index (χ2n) is 4.41. The summed E-state index contributed by atoms with van der Waals surface area (Å²) in [5.41, 5.74) is 3.30. The van der Waals surface area contributed by atoms with E-state index in [9.17, 15) is 0 Å². The molecule has 0 aromatic carbocycles. The van der Waals surface area contributed by atoms with E-state index in [-0.39, 0.29) is 0 Å². The standard InChI is InChI=1S/C13H17N3O/c1-9-7-13(12(8-14)10(2)15-9)16-11-3-5-17-6-4-11/h7,11H,3-6H2,1-2H3,(H,15,16). The average Bonchev–Trinajstić information content (AvgIpc) is 2.30. The Hall–Kier alpha value is -1.60. The molecule has 4 heteroatoms. The third-order valence-corrected chi connectivity index (χ3v) is 3.02. The van der Waals surface area contributed by atoms with Crippen LogP contribution in [0.15, 0.2) is 6.07 Å². The Morgan fingerprint density at radius 3 is 2.76 bits per heavy atom. The van der Waals surface area contributed by atoms with Crippen molar-refractivity contribution in [2.45, 2.75) is 32.7 Å². The Balaban J connectivity index is 2.22. The van der Waals surface area contributed by atoms with E-state index in [4.69, 9.17) is 10.00 Å². The molecule has 1 aromatic rings. The number of nitriles is 1. The summed E-state index contributed by atoms with van der Waals surface area (Å²) in [6.45, 7) is 5.41. The summed E-state index contributed by atoms with van der Waals surface area (Å²) in [5.74, 6) is 0. The molecule has 90 valence electrons. The van der Waals surface area contributed by atoms with E-state index in [1.165, 1.54) is 0 Å². The first kappa shape index (κ1) is 11.9. The molecular formula is C13H17N3O. The highest BCUT2D eigenvalue weighted by Crippen LogP contribution is 2.21. The minimum absolute atomic E-state index is 0.400. The maximum atomic E-state index is 9.16. The number of anilines is 1. The Labute approximate surface area is 102 Å². The largest absolute Gasteiger partial charge is 0.381 e. The van der Waals surface area contributed by atoms with Crippen LogP contribution in [-0.4, -0.2) is 24.2 Å². The summed E-state index contributed by atoms with van der Waals surface area (Å²) < 4.78 is 5.32. The van der Waals surface area contributed by atoms with Gasteiger partial charge in [0.2, 0.25) is 0 Å². The summed E-state index contributed by atoms with van der Waals surface area (Å²) in [4.78, 5) is 4.31. The quantitative estimate of drug-likeness (QED) is 0.847. The topological polar surface area (TPSA) is 57.9 Å². The van der Waals surface area contributed by atoms with E-state index in [1.807, 2.05) is 19.9 Å². The second-order valence-corrected chi connectivity index (χ2v) is 4.41. The average molecular weight is 231 g/mol. The fraction of sp³-hybridized carbons (Fsp3) is 0.538. The van der Waals surface area contributed by atoms with E-state index in [1.54, 1.807) is 0 Å². The first-order chi connectivity index (χ1) is 8.20. The van der Waals surface area contributed by atoms with Crippen LogP contribution >= 0.6 is 0 Å². The lowest BCUT2D eigenvalue weighted by Crippen LogP contribution is -2.28. The van der Waals surface area contributed by atoms with Crippen LogP contribution in [0.5, 0.6) is 0 Å². The van der Waals surface area contributed by atoms with Gasteiger partial charge in [-0.25, -0.2) is 0 Å². The van der Waals surface area contributed by atoms with Gasteiger partial charge in [0.1, 0.15) is 6.07 Å². The molecule has 1 N–H and O–H groups in total. The zero-order chi connectivity index (χ0) is 12.3. The Kier molecular flexibility index (Phi) is 3.60. The van der Waals surface area contributed by atoms with Crippen molar-refractivity contribution in [1.29, 1.82) is 5.26 Å². The normalized spacial score (nSPS) is 16.5. The van der Waals surface area contributed by atoms with Crippen LogP contribution in [0, 0.1) is 25.2 Å². The van der Waals surface area contributed by atoms with Crippen LogP contribution in [0.3, 0.4) is 0 Å². The molecule has 0 amide bonds. The number of nitrogens with zero attached hydrogens (tertiary/aromatic N) is 2. The minimum atomic E-state index is 0.400. The SMILES string of the molecule is Cc1cc(NC2CCOCC2)c(C#N)c(C)n1. The second kappa shape index (κ2) is 5.15. The molecule has 0 bridgehead atoms. The summed E-state index contributed by atoms with van der Waals surface area (Å²) in [7, 11) is 0. The zero-order valence-corrected chi connectivity index (χ0v) is 10.3. The summed E-state index contributed by atoms with van der Waals surface area (Å²) in [6, 6.07) is 4.57. The number of ether oxygens (including phenoxy) is 1. The molecule has 2 heterocycles. The number of hydrogen-bond donors (Lipinski definition) is 1. The Morgan fingerprint density at radius 1 is 1.41 bits per heavy atom. The molecule has 0 spiro atoms. The van der Waals surface area contributed by atoms with Crippen molar-refractivity contribution >= 4 is 5.69 Å². The van der Waals surface area contributed by atoms with Crippen LogP contribution in [-0.2, 0) is 4.74 Å². The van der Waals surface area contributed by atoms with Gasteiger partial charge in [-0.3, -0.25) is 4.98 Å². The highest BCUT2D eigenvalue weighted by molar-refractivity contribution is 5.60. The fourth-order valence-electron chi connectivity index (χ4n) is 2.15. The van der Waals surface area contributed by atoms with Gasteiger partial charge in [0.05, 0.1) is 16.9 Å². The van der Waals surface area contributed by atoms with Gasteiger partial charge in [-0.1, -0.05) is 0 Å². The lowest BCUT2D eigenvalue weighted by Gasteiger charge is -2.25. The maximum absolute atomic E-state index is 9.16. The molecule has 0 atom stereocenters. The van der Waals surface area contributed by atoms with E-state index in [2.05, 4.69) is 16.4 Å². The van der Waals surface area contributed by atoms with Crippen molar-refractivity contribution in [2.75, 3.05) is 18.5 Å². The number of aryl methyl sites for hydroxylation is 2. The Morgan fingerprint density at radius 2 is 2.12 bits per heavy atom. The van der Waals surface area contributed by atoms with E-state index < -0.39 is 0 Å². The first-order valence-electron chi connectivity index (χ1n) is 5.93. The van der Waals surface area contributed by atoms with Gasteiger partial charge in [0.25, 0.3) is 0 Å². The molecule has 17 heavy (non-hydrogen) atoms. The maximum Gasteiger partial charge on any atom is 0.103 e. The number of rotatable bonds is 2. The molecule has 0 unspecified atom stereocenters. The number of nitrogens with one attached hydrogen (secondary N) is 1. The smallest absolute Gasteiger partial charge is 0.103 e. The number of aromatic nitrogens is 1. The van der Waals surface area contributed by atoms with Crippen molar-refractivity contribution in [1.82, 2.24) is 4.98 Å². The van der Waals surface area contributed by atoms with Crippen LogP contribution in [0.4, 0.5) is 5.69 Å². The van der Waals surface area contributed by atoms with Gasteiger partial charge in [-0.05, 0) is 32.8 Å². The van der Waals surface area contributed by atoms with Crippen molar-refractivity contribution in [3.63, 3.8) is 0 Å². The molecule has 1 fully saturated rings. The van der Waals surface area contributed by atoms with E-state index in [0.29, 0.717) is 11.6 Å². The van der Waals surface area contributed by atoms with Gasteiger partial charge >= 0.3 is 0 Å². The molecule has 2 rings (SSSR count). The molecule has 4 nitrogen and oxygen atoms in total. The van der Waals surface area contributed by atoms with Crippen LogP contribution in [0.25, 0.3) is 0 Å². The fourth-order valence-corrected chi connectivity index (χ4v) is 2.15. The van der Waals surface area contributed by atoms with Crippen molar-refractivity contribution in [3.8, 4) is 6.07 Å². The van der Waals surface area contributed by atoms with Gasteiger partial charge in [0, 0.05) is 24.9 Å². The Bertz CT molecular complexity index is 445. The molecule has 1 aliphatic rings. The molecule has 1 saturated heterocycles. The molecule has 1 aliphatic heterocycles. The van der Waals surface area contributed by atoms with E-state index >= 15 is 0 Å². The van der Waals surface area contributed by atoms with Crippen LogP contribution < -0.4 is 5.32 Å². The minimum Gasteiger partial charge on any atom is -0.381 e. The van der Waals surface area contributed by atoms with E-state index in [0.717, 1.165) is 43.1 Å². The van der Waals surface area contributed by atoms with Gasteiger partial charge in [0.15, 0.2) is 0 Å². The van der Waals surface area contributed by atoms with Crippen molar-refractivity contribution in [2.24, 2.45) is 0 Å². The zero-order valence-electron chi connectivity index (χ0n) is 10.3. The van der Waals surface area contributed by atoms with Gasteiger partial charge in [-0.15, -0.1) is 0 Å². The summed E-state index contributed by atoms with van der Waals surface area (Å²) in [5, 5.41) is 12.6.